The van der Waals surface area contributed by atoms with Crippen LogP contribution in [0.3, 0.4) is 0 Å². The van der Waals surface area contributed by atoms with Gasteiger partial charge >= 0.3 is 11.9 Å². The van der Waals surface area contributed by atoms with Gasteiger partial charge in [-0.15, -0.1) is 0 Å². The second kappa shape index (κ2) is 34.1. The lowest BCUT2D eigenvalue weighted by Gasteiger charge is -2.32. The van der Waals surface area contributed by atoms with E-state index in [1.807, 2.05) is 0 Å². The fourth-order valence-electron chi connectivity index (χ4n) is 8.08. The van der Waals surface area contributed by atoms with E-state index in [0.717, 1.165) is 0 Å². The Hall–Kier alpha value is -6.58. The molecule has 0 bridgehead atoms. The average molecular weight is 1080 g/mol. The molecule has 18 N–H and O–H groups in total. The summed E-state index contributed by atoms with van der Waals surface area (Å²) in [6, 6.07) is -5.35. The average Bonchev–Trinajstić information content (AvgIpc) is 3.87. The maximum Gasteiger partial charge on any atom is 0.326 e. The lowest BCUT2D eigenvalue weighted by molar-refractivity contribution is -0.144. The summed E-state index contributed by atoms with van der Waals surface area (Å²) in [7, 11) is 0. The normalized spacial score (nSPS) is 16.3. The number of carbonyl (C=O) groups is 11. The maximum absolute atomic E-state index is 14.4. The number of unbranched alkanes of at least 4 members (excludes halogenated alkanes) is 2. The first-order valence-electron chi connectivity index (χ1n) is 25.1. The van der Waals surface area contributed by atoms with Crippen molar-refractivity contribution >= 4 is 76.9 Å². The molecule has 0 spiro atoms. The minimum Gasteiger partial charge on any atom is -0.508 e. The molecule has 9 amide bonds. The van der Waals surface area contributed by atoms with Crippen molar-refractivity contribution in [3.63, 3.8) is 0 Å². The van der Waals surface area contributed by atoms with Crippen molar-refractivity contribution in [2.75, 3.05) is 38.2 Å². The number of carboxylic acid groups (broad SMARTS) is 2. The molecule has 0 unspecified atom stereocenters. The van der Waals surface area contributed by atoms with E-state index in [1.54, 1.807) is 20.1 Å². The molecule has 1 aliphatic heterocycles. The minimum absolute atomic E-state index is 0.0778. The van der Waals surface area contributed by atoms with Crippen molar-refractivity contribution in [3.05, 3.63) is 29.8 Å². The molecule has 0 saturated carbocycles. The van der Waals surface area contributed by atoms with E-state index in [4.69, 9.17) is 22.9 Å². The van der Waals surface area contributed by atoms with Crippen LogP contribution in [0.15, 0.2) is 24.3 Å². The van der Waals surface area contributed by atoms with Crippen molar-refractivity contribution in [3.8, 4) is 5.75 Å². The van der Waals surface area contributed by atoms with Crippen LogP contribution >= 0.6 is 11.8 Å². The summed E-state index contributed by atoms with van der Waals surface area (Å²) >= 11 is 1.37. The predicted molar refractivity (Wildman–Crippen MR) is 276 cm³/mol. The number of hydrogen-bond acceptors (Lipinski definition) is 16. The summed E-state index contributed by atoms with van der Waals surface area (Å²) in [6.07, 6.45) is 2.85. The predicted octanol–water partition coefficient (Wildman–Crippen LogP) is -2.84. The molecular weight excluding hydrogens is 1000 g/mol. The van der Waals surface area contributed by atoms with Gasteiger partial charge in [0.2, 0.25) is 53.2 Å². The molecule has 0 radical (unpaired) electrons. The van der Waals surface area contributed by atoms with Crippen LogP contribution in [0, 0.1) is 5.92 Å². The first-order valence-corrected chi connectivity index (χ1v) is 26.5. The fourth-order valence-corrected chi connectivity index (χ4v) is 8.55. The highest BCUT2D eigenvalue weighted by Crippen LogP contribution is 2.22. The zero-order valence-electron chi connectivity index (χ0n) is 42.9. The Morgan fingerprint density at radius 3 is 1.79 bits per heavy atom. The molecular formula is C48H78N12O14S. The highest BCUT2D eigenvalue weighted by molar-refractivity contribution is 7.98. The molecule has 1 aliphatic rings. The Morgan fingerprint density at radius 2 is 1.23 bits per heavy atom. The van der Waals surface area contributed by atoms with Gasteiger partial charge in [0.15, 0.2) is 0 Å². The molecule has 1 heterocycles. The number of primary amides is 1. The number of benzene rings is 1. The van der Waals surface area contributed by atoms with Crippen molar-refractivity contribution in [2.24, 2.45) is 28.9 Å². The van der Waals surface area contributed by atoms with Gasteiger partial charge in [-0.1, -0.05) is 32.4 Å². The summed E-state index contributed by atoms with van der Waals surface area (Å²) < 4.78 is 0. The van der Waals surface area contributed by atoms with E-state index in [9.17, 15) is 68.1 Å². The second-order valence-corrected chi connectivity index (χ2v) is 19.3. The molecule has 0 aromatic heterocycles. The number of aromatic hydroxyl groups is 1. The monoisotopic (exact) mass is 1080 g/mol. The van der Waals surface area contributed by atoms with Crippen LogP contribution in [0.2, 0.25) is 0 Å². The summed E-state index contributed by atoms with van der Waals surface area (Å²) in [5.74, 6) is -10.8. The van der Waals surface area contributed by atoms with Gasteiger partial charge in [-0.2, -0.15) is 11.8 Å². The number of nitrogens with one attached hydrogen (secondary N) is 7. The van der Waals surface area contributed by atoms with Gasteiger partial charge in [0.25, 0.3) is 0 Å². The van der Waals surface area contributed by atoms with E-state index >= 15 is 0 Å². The Labute approximate surface area is 440 Å². The van der Waals surface area contributed by atoms with Gasteiger partial charge in [-0.3, -0.25) is 47.9 Å². The van der Waals surface area contributed by atoms with E-state index in [-0.39, 0.29) is 44.4 Å². The summed E-state index contributed by atoms with van der Waals surface area (Å²) in [5, 5.41) is 46.9. The minimum atomic E-state index is -1.86. The Bertz CT molecular complexity index is 2100. The highest BCUT2D eigenvalue weighted by Gasteiger charge is 2.41. The standard InChI is InChI=1S/C48H78N12O14S/c1-4-27(2)40(59-42(67)31(17-18-37(52)62)54-44(69)35(25-39(64)65)58-43(68)34(53-38(63)26-51)24-28-13-15-29(61)16-14-28)46(71)56-32(19-23-75-3)47(72)60-22-9-12-36(60)45(70)55-30(10-5-7-20-49)41(66)57-33(48(73)74)11-6-8-21-50/h13-16,27,30-36,40,61H,4-12,17-26,49-51H2,1-3H3,(H2,52,62)(H,53,63)(H,54,69)(H,55,70)(H,56,71)(H,57,66)(H,58,68)(H,59,67)(H,64,65)(H,73,74)/t27-,30-,31-,32-,33-,34-,35-,36-,40-/m0/s1. The largest absolute Gasteiger partial charge is 0.508 e. The quantitative estimate of drug-likeness (QED) is 0.0301. The van der Waals surface area contributed by atoms with Gasteiger partial charge in [0.1, 0.15) is 54.1 Å². The van der Waals surface area contributed by atoms with Crippen LogP contribution in [-0.2, 0) is 59.2 Å². The first kappa shape index (κ1) is 64.5. The number of nitrogens with two attached hydrogens (primary N) is 4. The Kier molecular flexibility index (Phi) is 29.3. The number of carboxylic acids is 2. The highest BCUT2D eigenvalue weighted by atomic mass is 32.2. The van der Waals surface area contributed by atoms with Gasteiger partial charge in [-0.25, -0.2) is 4.79 Å². The van der Waals surface area contributed by atoms with Crippen LogP contribution in [0.25, 0.3) is 0 Å². The Balaban J connectivity index is 2.39. The number of likely N-dealkylation sites (tertiary alicyclic amines) is 1. The van der Waals surface area contributed by atoms with Crippen LogP contribution in [0.1, 0.15) is 103 Å². The van der Waals surface area contributed by atoms with Crippen LogP contribution in [-0.4, -0.2) is 172 Å². The molecule has 27 heteroatoms. The Morgan fingerprint density at radius 1 is 0.680 bits per heavy atom. The zero-order chi connectivity index (χ0) is 56.2. The van der Waals surface area contributed by atoms with Gasteiger partial charge in [0, 0.05) is 19.4 Å². The van der Waals surface area contributed by atoms with E-state index in [1.165, 1.54) is 40.9 Å². The van der Waals surface area contributed by atoms with E-state index in [0.29, 0.717) is 62.9 Å². The smallest absolute Gasteiger partial charge is 0.326 e. The SMILES string of the molecule is CC[C@H](C)[C@H](NC(=O)[C@H](CCC(N)=O)NC(=O)[C@H](CC(=O)O)NC(=O)[C@H](Cc1ccc(O)cc1)NC(=O)CN)C(=O)N[C@@H](CCSC)C(=O)N1CCC[C@H]1C(=O)N[C@@H](CCCCN)C(=O)N[C@@H](CCCCN)C(=O)O. The zero-order valence-corrected chi connectivity index (χ0v) is 43.8. The number of carbonyl (C=O) groups excluding carboxylic acids is 9. The second-order valence-electron chi connectivity index (χ2n) is 18.4. The molecule has 1 aromatic rings. The van der Waals surface area contributed by atoms with Crippen molar-refractivity contribution in [1.29, 1.82) is 0 Å². The topological polar surface area (TPSA) is 440 Å². The number of thioether (sulfide) groups is 1. The number of hydrogen-bond donors (Lipinski definition) is 14. The van der Waals surface area contributed by atoms with Gasteiger partial charge in [-0.05, 0) is 113 Å². The van der Waals surface area contributed by atoms with E-state index < -0.39 is 145 Å². The molecule has 2 rings (SSSR count). The third-order valence-electron chi connectivity index (χ3n) is 12.5. The maximum atomic E-state index is 14.4. The summed E-state index contributed by atoms with van der Waals surface area (Å²) in [4.78, 5) is 147. The van der Waals surface area contributed by atoms with Crippen molar-refractivity contribution in [1.82, 2.24) is 42.1 Å². The number of aliphatic carboxylic acids is 2. The summed E-state index contributed by atoms with van der Waals surface area (Å²) in [5.41, 5.74) is 22.5. The van der Waals surface area contributed by atoms with Crippen LogP contribution in [0.4, 0.5) is 0 Å². The molecule has 1 aromatic carbocycles. The first-order chi connectivity index (χ1) is 35.6. The third kappa shape index (κ3) is 22.8. The van der Waals surface area contributed by atoms with Crippen molar-refractivity contribution < 1.29 is 68.1 Å². The number of amides is 9. The number of nitrogens with zero attached hydrogens (tertiary/aromatic N) is 1. The molecule has 1 saturated heterocycles. The molecule has 420 valence electrons. The van der Waals surface area contributed by atoms with E-state index in [2.05, 4.69) is 37.2 Å². The fraction of sp³-hybridized carbons (Fsp3) is 0.646. The van der Waals surface area contributed by atoms with Crippen LogP contribution < -0.4 is 60.2 Å². The molecule has 26 nitrogen and oxygen atoms in total. The van der Waals surface area contributed by atoms with Crippen LogP contribution in [0.5, 0.6) is 5.75 Å². The molecule has 0 aliphatic carbocycles. The van der Waals surface area contributed by atoms with Gasteiger partial charge in [0.05, 0.1) is 13.0 Å². The number of rotatable bonds is 36. The number of phenols is 1. The molecule has 9 atom stereocenters. The molecule has 1 fully saturated rings. The summed E-state index contributed by atoms with van der Waals surface area (Å²) in [6.45, 7) is 3.61. The third-order valence-corrected chi connectivity index (χ3v) is 13.2. The lowest BCUT2D eigenvalue weighted by Crippen LogP contribution is -2.61. The lowest BCUT2D eigenvalue weighted by atomic mass is 9.96. The van der Waals surface area contributed by atoms with Crippen molar-refractivity contribution in [2.45, 2.75) is 152 Å². The molecule has 75 heavy (non-hydrogen) atoms. The number of phenolic OH excluding ortho intramolecular Hbond substituents is 1. The van der Waals surface area contributed by atoms with Gasteiger partial charge < -0.3 is 80.4 Å².